The molecule has 1 spiro atoms. The van der Waals surface area contributed by atoms with E-state index in [1.54, 1.807) is 6.20 Å². The van der Waals surface area contributed by atoms with E-state index in [2.05, 4.69) is 26.2 Å². The zero-order chi connectivity index (χ0) is 18.8. The van der Waals surface area contributed by atoms with E-state index in [4.69, 9.17) is 9.47 Å². The second kappa shape index (κ2) is 7.56. The van der Waals surface area contributed by atoms with Gasteiger partial charge >= 0.3 is 5.97 Å². The Morgan fingerprint density at radius 1 is 1.31 bits per heavy atom. The highest BCUT2D eigenvalue weighted by atomic mass is 79.9. The number of carbonyl (C=O) groups excluding carboxylic acids is 1. The van der Waals surface area contributed by atoms with Crippen molar-refractivity contribution in [3.8, 4) is 0 Å². The zero-order valence-electron chi connectivity index (χ0n) is 15.9. The quantitative estimate of drug-likeness (QED) is 0.741. The van der Waals surface area contributed by atoms with Gasteiger partial charge in [-0.3, -0.25) is 4.98 Å². The fourth-order valence-electron chi connectivity index (χ4n) is 4.27. The van der Waals surface area contributed by atoms with Crippen molar-refractivity contribution in [2.45, 2.75) is 64.1 Å². The average molecular weight is 425 g/mol. The van der Waals surface area contributed by atoms with Gasteiger partial charge in [-0.25, -0.2) is 4.79 Å². The van der Waals surface area contributed by atoms with Gasteiger partial charge < -0.3 is 14.8 Å². The van der Waals surface area contributed by atoms with Crippen LogP contribution in [0.25, 0.3) is 0 Å². The van der Waals surface area contributed by atoms with Crippen molar-refractivity contribution in [1.82, 2.24) is 10.3 Å². The molecule has 2 atom stereocenters. The smallest absolute Gasteiger partial charge is 0.332 e. The molecule has 6 heteroatoms. The molecule has 3 rings (SSSR count). The van der Waals surface area contributed by atoms with Crippen LogP contribution in [0.5, 0.6) is 0 Å². The van der Waals surface area contributed by atoms with E-state index in [0.29, 0.717) is 0 Å². The van der Waals surface area contributed by atoms with E-state index >= 15 is 0 Å². The highest BCUT2D eigenvalue weighted by Crippen LogP contribution is 2.53. The minimum Gasteiger partial charge on any atom is -0.458 e. The Morgan fingerprint density at radius 2 is 2.12 bits per heavy atom. The van der Waals surface area contributed by atoms with Crippen LogP contribution in [0.3, 0.4) is 0 Å². The molecule has 1 aromatic heterocycles. The number of esters is 1. The molecule has 0 aromatic carbocycles. The minimum absolute atomic E-state index is 0.0431. The third-order valence-corrected chi connectivity index (χ3v) is 5.83. The second-order valence-electron chi connectivity index (χ2n) is 8.69. The van der Waals surface area contributed by atoms with Crippen LogP contribution in [0, 0.1) is 5.41 Å². The first-order valence-corrected chi connectivity index (χ1v) is 10.2. The number of nitrogens with one attached hydrogen (secondary N) is 1. The van der Waals surface area contributed by atoms with Crippen molar-refractivity contribution in [2.75, 3.05) is 19.7 Å². The summed E-state index contributed by atoms with van der Waals surface area (Å²) in [5.41, 5.74) is 0.122. The van der Waals surface area contributed by atoms with Gasteiger partial charge in [0.25, 0.3) is 0 Å². The molecule has 0 bridgehead atoms. The van der Waals surface area contributed by atoms with E-state index in [1.807, 2.05) is 32.9 Å². The first kappa shape index (κ1) is 19.8. The lowest BCUT2D eigenvalue weighted by Gasteiger charge is -2.37. The van der Waals surface area contributed by atoms with Gasteiger partial charge in [0.1, 0.15) is 17.8 Å². The van der Waals surface area contributed by atoms with Gasteiger partial charge in [0.2, 0.25) is 0 Å². The third-order valence-electron chi connectivity index (χ3n) is 5.36. The van der Waals surface area contributed by atoms with E-state index in [1.165, 1.54) is 12.8 Å². The Labute approximate surface area is 164 Å². The normalized spacial score (nSPS) is 29.1. The van der Waals surface area contributed by atoms with Crippen molar-refractivity contribution >= 4 is 21.9 Å². The summed E-state index contributed by atoms with van der Waals surface area (Å²) < 4.78 is 12.6. The number of rotatable bonds is 4. The molecule has 0 radical (unpaired) electrons. The van der Waals surface area contributed by atoms with Crippen LogP contribution < -0.4 is 5.32 Å². The molecule has 1 saturated carbocycles. The number of hydrogen-bond acceptors (Lipinski definition) is 5. The highest BCUT2D eigenvalue weighted by Gasteiger charge is 2.51. The van der Waals surface area contributed by atoms with Gasteiger partial charge in [-0.2, -0.15) is 0 Å². The lowest BCUT2D eigenvalue weighted by Crippen LogP contribution is -2.41. The number of pyridine rings is 1. The van der Waals surface area contributed by atoms with E-state index in [9.17, 15) is 4.79 Å². The number of aromatic nitrogens is 1. The lowest BCUT2D eigenvalue weighted by atomic mass is 9.77. The average Bonchev–Trinajstić information content (AvgIpc) is 2.92. The maximum Gasteiger partial charge on any atom is 0.332 e. The zero-order valence-corrected chi connectivity index (χ0v) is 17.5. The Hall–Kier alpha value is -0.980. The van der Waals surface area contributed by atoms with E-state index in [-0.39, 0.29) is 18.0 Å². The molecule has 2 fully saturated rings. The summed E-state index contributed by atoms with van der Waals surface area (Å²) in [7, 11) is 0. The molecule has 1 saturated heterocycles. The van der Waals surface area contributed by atoms with Crippen molar-refractivity contribution in [3.05, 3.63) is 28.5 Å². The Bertz CT molecular complexity index is 635. The minimum atomic E-state index is -0.517. The molecular weight excluding hydrogens is 396 g/mol. The molecule has 1 aliphatic heterocycles. The summed E-state index contributed by atoms with van der Waals surface area (Å²) in [6.45, 7) is 7.67. The maximum atomic E-state index is 12.2. The van der Waals surface area contributed by atoms with Crippen LogP contribution in [-0.4, -0.2) is 36.3 Å². The standard InChI is InChI=1S/C20H29BrN2O3/c1-18(2,3)26-17(24)12-25-20(16-6-5-15(21)11-23-16)9-8-19(13-20)7-4-10-22-14-19/h5-6,11,22H,4,7-10,12-14H2,1-3H3. The number of halogens is 1. The number of nitrogens with zero attached hydrogens (tertiary/aromatic N) is 1. The number of ether oxygens (including phenoxy) is 2. The van der Waals surface area contributed by atoms with Crippen LogP contribution >= 0.6 is 15.9 Å². The third kappa shape index (κ3) is 4.65. The maximum absolute atomic E-state index is 12.2. The van der Waals surface area contributed by atoms with Gasteiger partial charge in [-0.1, -0.05) is 0 Å². The number of carbonyl (C=O) groups is 1. The second-order valence-corrected chi connectivity index (χ2v) is 9.60. The lowest BCUT2D eigenvalue weighted by molar-refractivity contribution is -0.168. The number of piperidine rings is 1. The molecule has 1 aromatic rings. The van der Waals surface area contributed by atoms with Crippen molar-refractivity contribution in [3.63, 3.8) is 0 Å². The van der Waals surface area contributed by atoms with Gasteiger partial charge in [0, 0.05) is 17.2 Å². The van der Waals surface area contributed by atoms with E-state index in [0.717, 1.165) is 42.5 Å². The molecule has 1 N–H and O–H groups in total. The fraction of sp³-hybridized carbons (Fsp3) is 0.700. The topological polar surface area (TPSA) is 60.5 Å². The molecule has 0 amide bonds. The summed E-state index contributed by atoms with van der Waals surface area (Å²) in [5, 5.41) is 3.54. The van der Waals surface area contributed by atoms with Crippen LogP contribution in [0.2, 0.25) is 0 Å². The van der Waals surface area contributed by atoms with Crippen LogP contribution in [0.15, 0.2) is 22.8 Å². The molecular formula is C20H29BrN2O3. The first-order chi connectivity index (χ1) is 12.2. The SMILES string of the molecule is CC(C)(C)OC(=O)COC1(c2ccc(Br)cn2)CCC2(CCCNC2)C1. The molecule has 144 valence electrons. The summed E-state index contributed by atoms with van der Waals surface area (Å²) >= 11 is 3.45. The monoisotopic (exact) mass is 424 g/mol. The van der Waals surface area contributed by atoms with Crippen LogP contribution in [0.4, 0.5) is 0 Å². The molecule has 5 nitrogen and oxygen atoms in total. The highest BCUT2D eigenvalue weighted by molar-refractivity contribution is 9.10. The largest absolute Gasteiger partial charge is 0.458 e. The van der Waals surface area contributed by atoms with Crippen molar-refractivity contribution < 1.29 is 14.3 Å². The summed E-state index contributed by atoms with van der Waals surface area (Å²) in [4.78, 5) is 16.8. The van der Waals surface area contributed by atoms with Crippen molar-refractivity contribution in [2.24, 2.45) is 5.41 Å². The summed E-state index contributed by atoms with van der Waals surface area (Å²) in [6, 6.07) is 4.00. The van der Waals surface area contributed by atoms with Gasteiger partial charge in [-0.05, 0) is 92.9 Å². The Morgan fingerprint density at radius 3 is 2.73 bits per heavy atom. The number of hydrogen-bond donors (Lipinski definition) is 1. The van der Waals surface area contributed by atoms with Gasteiger partial charge in [0.15, 0.2) is 0 Å². The Balaban J connectivity index is 1.79. The van der Waals surface area contributed by atoms with Crippen LogP contribution in [0.1, 0.15) is 58.6 Å². The first-order valence-electron chi connectivity index (χ1n) is 9.41. The van der Waals surface area contributed by atoms with Crippen LogP contribution in [-0.2, 0) is 19.9 Å². The van der Waals surface area contributed by atoms with E-state index < -0.39 is 11.2 Å². The van der Waals surface area contributed by atoms with Gasteiger partial charge in [0.05, 0.1) is 5.69 Å². The molecule has 2 unspecified atom stereocenters. The van der Waals surface area contributed by atoms with Crippen molar-refractivity contribution in [1.29, 1.82) is 0 Å². The van der Waals surface area contributed by atoms with Gasteiger partial charge in [-0.15, -0.1) is 0 Å². The predicted octanol–water partition coefficient (Wildman–Crippen LogP) is 3.95. The molecule has 26 heavy (non-hydrogen) atoms. The predicted molar refractivity (Wildman–Crippen MR) is 104 cm³/mol. The molecule has 1 aliphatic carbocycles. The fourth-order valence-corrected chi connectivity index (χ4v) is 4.51. The molecule has 2 aliphatic rings. The summed E-state index contributed by atoms with van der Waals surface area (Å²) in [5.74, 6) is -0.322. The summed E-state index contributed by atoms with van der Waals surface area (Å²) in [6.07, 6.45) is 7.06. The molecule has 2 heterocycles. The Kier molecular flexibility index (Phi) is 5.75.